The fourth-order valence-electron chi connectivity index (χ4n) is 2.47. The van der Waals surface area contributed by atoms with Crippen molar-refractivity contribution in [2.24, 2.45) is 0 Å². The molecule has 1 saturated heterocycles. The highest BCUT2D eigenvalue weighted by Gasteiger charge is 2.18. The second kappa shape index (κ2) is 4.92. The third-order valence-electron chi connectivity index (χ3n) is 3.45. The lowest BCUT2D eigenvalue weighted by Crippen LogP contribution is -2.40. The SMILES string of the molecule is N#Cc1cc2c(nc1NN1CCOCC1)CCC2. The molecule has 0 spiro atoms. The van der Waals surface area contributed by atoms with Gasteiger partial charge in [0.15, 0.2) is 5.82 Å². The first-order chi connectivity index (χ1) is 8.86. The number of hydrazine groups is 1. The van der Waals surface area contributed by atoms with Crippen molar-refractivity contribution in [1.29, 1.82) is 5.26 Å². The highest BCUT2D eigenvalue weighted by molar-refractivity contribution is 5.54. The van der Waals surface area contributed by atoms with Crippen LogP contribution in [0.5, 0.6) is 0 Å². The van der Waals surface area contributed by atoms with Crippen LogP contribution in [-0.2, 0) is 17.6 Å². The summed E-state index contributed by atoms with van der Waals surface area (Å²) in [5, 5.41) is 11.3. The minimum Gasteiger partial charge on any atom is -0.379 e. The molecule has 1 aromatic rings. The van der Waals surface area contributed by atoms with Gasteiger partial charge in [-0.15, -0.1) is 0 Å². The number of anilines is 1. The Morgan fingerprint density at radius 1 is 1.33 bits per heavy atom. The molecule has 0 atom stereocenters. The fraction of sp³-hybridized carbons (Fsp3) is 0.538. The van der Waals surface area contributed by atoms with Crippen molar-refractivity contribution < 1.29 is 4.74 Å². The van der Waals surface area contributed by atoms with Crippen LogP contribution in [0.2, 0.25) is 0 Å². The number of nitriles is 1. The predicted octanol–water partition coefficient (Wildman–Crippen LogP) is 1.10. The number of hydrogen-bond donors (Lipinski definition) is 1. The topological polar surface area (TPSA) is 61.2 Å². The van der Waals surface area contributed by atoms with Gasteiger partial charge < -0.3 is 10.2 Å². The molecule has 5 heteroatoms. The molecule has 94 valence electrons. The molecule has 1 fully saturated rings. The van der Waals surface area contributed by atoms with Crippen LogP contribution in [0.3, 0.4) is 0 Å². The number of pyridine rings is 1. The third-order valence-corrected chi connectivity index (χ3v) is 3.45. The lowest BCUT2D eigenvalue weighted by molar-refractivity contribution is 0.0494. The molecule has 0 aromatic carbocycles. The molecule has 2 heterocycles. The van der Waals surface area contributed by atoms with Gasteiger partial charge in [-0.05, 0) is 30.9 Å². The molecule has 1 N–H and O–H groups in total. The van der Waals surface area contributed by atoms with Gasteiger partial charge in [-0.1, -0.05) is 0 Å². The molecular weight excluding hydrogens is 228 g/mol. The quantitative estimate of drug-likeness (QED) is 0.844. The largest absolute Gasteiger partial charge is 0.379 e. The minimum atomic E-state index is 0.641. The maximum atomic E-state index is 9.21. The number of ether oxygens (including phenoxy) is 1. The van der Waals surface area contributed by atoms with Gasteiger partial charge in [-0.25, -0.2) is 9.99 Å². The Bertz CT molecular complexity index is 488. The Hall–Kier alpha value is -1.64. The zero-order valence-corrected chi connectivity index (χ0v) is 10.3. The number of hydrogen-bond acceptors (Lipinski definition) is 5. The first kappa shape index (κ1) is 11.5. The van der Waals surface area contributed by atoms with Gasteiger partial charge in [-0.2, -0.15) is 5.26 Å². The van der Waals surface area contributed by atoms with Gasteiger partial charge >= 0.3 is 0 Å². The van der Waals surface area contributed by atoms with Gasteiger partial charge in [0.2, 0.25) is 0 Å². The molecule has 1 aromatic heterocycles. The van der Waals surface area contributed by atoms with Gasteiger partial charge in [0.05, 0.1) is 18.8 Å². The second-order valence-corrected chi connectivity index (χ2v) is 4.67. The van der Waals surface area contributed by atoms with E-state index < -0.39 is 0 Å². The number of nitrogens with zero attached hydrogens (tertiary/aromatic N) is 3. The number of fused-ring (bicyclic) bond motifs is 1. The second-order valence-electron chi connectivity index (χ2n) is 4.67. The number of aromatic nitrogens is 1. The minimum absolute atomic E-state index is 0.641. The van der Waals surface area contributed by atoms with E-state index in [1.807, 2.05) is 6.07 Å². The average Bonchev–Trinajstić information content (AvgIpc) is 2.86. The van der Waals surface area contributed by atoms with Gasteiger partial charge in [-0.3, -0.25) is 0 Å². The van der Waals surface area contributed by atoms with Gasteiger partial charge in [0, 0.05) is 18.8 Å². The summed E-state index contributed by atoms with van der Waals surface area (Å²) in [6.45, 7) is 3.09. The van der Waals surface area contributed by atoms with Crippen LogP contribution in [0.1, 0.15) is 23.2 Å². The zero-order valence-electron chi connectivity index (χ0n) is 10.3. The first-order valence-corrected chi connectivity index (χ1v) is 6.39. The van der Waals surface area contributed by atoms with E-state index in [9.17, 15) is 5.26 Å². The number of morpholine rings is 1. The molecule has 0 saturated carbocycles. The Morgan fingerprint density at radius 2 is 2.17 bits per heavy atom. The van der Waals surface area contributed by atoms with Crippen molar-refractivity contribution in [2.45, 2.75) is 19.3 Å². The molecule has 0 unspecified atom stereocenters. The van der Waals surface area contributed by atoms with Crippen molar-refractivity contribution in [3.8, 4) is 6.07 Å². The van der Waals surface area contributed by atoms with Crippen LogP contribution < -0.4 is 5.43 Å². The van der Waals surface area contributed by atoms with E-state index in [4.69, 9.17) is 4.74 Å². The standard InChI is InChI=1S/C13H16N4O/c14-9-11-8-10-2-1-3-12(10)15-13(11)16-17-4-6-18-7-5-17/h8H,1-7H2,(H,15,16). The summed E-state index contributed by atoms with van der Waals surface area (Å²) in [5.41, 5.74) is 6.27. The van der Waals surface area contributed by atoms with Crippen molar-refractivity contribution in [1.82, 2.24) is 9.99 Å². The van der Waals surface area contributed by atoms with Crippen molar-refractivity contribution in [3.05, 3.63) is 22.9 Å². The van der Waals surface area contributed by atoms with E-state index in [0.29, 0.717) is 11.4 Å². The summed E-state index contributed by atoms with van der Waals surface area (Å²) >= 11 is 0. The van der Waals surface area contributed by atoms with Crippen molar-refractivity contribution in [3.63, 3.8) is 0 Å². The molecule has 18 heavy (non-hydrogen) atoms. The van der Waals surface area contributed by atoms with E-state index >= 15 is 0 Å². The fourth-order valence-corrected chi connectivity index (χ4v) is 2.47. The molecule has 0 radical (unpaired) electrons. The van der Waals surface area contributed by atoms with E-state index in [0.717, 1.165) is 51.3 Å². The number of rotatable bonds is 2. The summed E-state index contributed by atoms with van der Waals surface area (Å²) < 4.78 is 5.30. The Morgan fingerprint density at radius 3 is 2.94 bits per heavy atom. The van der Waals surface area contributed by atoms with Gasteiger partial charge in [0.1, 0.15) is 6.07 Å². The highest BCUT2D eigenvalue weighted by atomic mass is 16.5. The average molecular weight is 244 g/mol. The van der Waals surface area contributed by atoms with Gasteiger partial charge in [0.25, 0.3) is 0 Å². The van der Waals surface area contributed by atoms with Crippen molar-refractivity contribution >= 4 is 5.82 Å². The molecular formula is C13H16N4O. The normalized spacial score (nSPS) is 19.3. The van der Waals surface area contributed by atoms with Crippen LogP contribution in [0.25, 0.3) is 0 Å². The Balaban J connectivity index is 1.84. The molecule has 0 bridgehead atoms. The molecule has 2 aliphatic rings. The summed E-state index contributed by atoms with van der Waals surface area (Å²) in [7, 11) is 0. The van der Waals surface area contributed by atoms with E-state index in [1.54, 1.807) is 0 Å². The van der Waals surface area contributed by atoms with Crippen LogP contribution in [0.4, 0.5) is 5.82 Å². The summed E-state index contributed by atoms with van der Waals surface area (Å²) in [6, 6.07) is 4.22. The summed E-state index contributed by atoms with van der Waals surface area (Å²) in [6.07, 6.45) is 3.22. The maximum Gasteiger partial charge on any atom is 0.158 e. The molecule has 5 nitrogen and oxygen atoms in total. The summed E-state index contributed by atoms with van der Waals surface area (Å²) in [5.74, 6) is 0.694. The predicted molar refractivity (Wildman–Crippen MR) is 67.0 cm³/mol. The lowest BCUT2D eigenvalue weighted by atomic mass is 10.1. The number of aryl methyl sites for hydroxylation is 2. The van der Waals surface area contributed by atoms with Crippen LogP contribution >= 0.6 is 0 Å². The zero-order chi connectivity index (χ0) is 12.4. The molecule has 1 aliphatic heterocycles. The maximum absolute atomic E-state index is 9.21. The highest BCUT2D eigenvalue weighted by Crippen LogP contribution is 2.25. The monoisotopic (exact) mass is 244 g/mol. The van der Waals surface area contributed by atoms with Crippen LogP contribution in [-0.4, -0.2) is 36.3 Å². The lowest BCUT2D eigenvalue weighted by Gasteiger charge is -2.27. The summed E-state index contributed by atoms with van der Waals surface area (Å²) in [4.78, 5) is 4.60. The Kier molecular flexibility index (Phi) is 3.13. The smallest absolute Gasteiger partial charge is 0.158 e. The van der Waals surface area contributed by atoms with Crippen LogP contribution in [0, 0.1) is 11.3 Å². The molecule has 3 rings (SSSR count). The number of nitrogens with one attached hydrogen (secondary N) is 1. The third kappa shape index (κ3) is 2.17. The van der Waals surface area contributed by atoms with Crippen molar-refractivity contribution in [2.75, 3.05) is 31.7 Å². The van der Waals surface area contributed by atoms with E-state index in [2.05, 4.69) is 21.5 Å². The Labute approximate surface area is 106 Å². The van der Waals surface area contributed by atoms with E-state index in [1.165, 1.54) is 5.56 Å². The van der Waals surface area contributed by atoms with Crippen LogP contribution in [0.15, 0.2) is 6.07 Å². The molecule has 1 aliphatic carbocycles. The first-order valence-electron chi connectivity index (χ1n) is 6.39. The molecule has 0 amide bonds. The van der Waals surface area contributed by atoms with E-state index in [-0.39, 0.29) is 0 Å².